The van der Waals surface area contributed by atoms with Crippen LogP contribution in [0.5, 0.6) is 11.5 Å². The van der Waals surface area contributed by atoms with Crippen LogP contribution in [0.4, 0.5) is 5.69 Å². The standard InChI is InChI=1S/C20H27N3O2S2/c1-24-17-7-6-15(12-18(17)25-2)21-20-23(8-3-9-27-20)19(26)22-16-11-13-4-5-14(16)10-13/h6-7,12-14,16H,3-5,8-11H2,1-2H3,(H,22,26)/t13-,14+,16-/m0/s1. The van der Waals surface area contributed by atoms with Gasteiger partial charge in [-0.2, -0.15) is 0 Å². The first-order valence-electron chi connectivity index (χ1n) is 9.69. The van der Waals surface area contributed by atoms with E-state index in [-0.39, 0.29) is 0 Å². The lowest BCUT2D eigenvalue weighted by molar-refractivity contribution is 0.355. The molecular weight excluding hydrogens is 378 g/mol. The Bertz CT molecular complexity index is 740. The van der Waals surface area contributed by atoms with Gasteiger partial charge in [0.15, 0.2) is 21.8 Å². The summed E-state index contributed by atoms with van der Waals surface area (Å²) in [5.41, 5.74) is 0.852. The van der Waals surface area contributed by atoms with Gasteiger partial charge in [0, 0.05) is 24.4 Å². The highest BCUT2D eigenvalue weighted by Crippen LogP contribution is 2.44. The molecule has 3 fully saturated rings. The van der Waals surface area contributed by atoms with Crippen molar-refractivity contribution in [2.75, 3.05) is 26.5 Å². The lowest BCUT2D eigenvalue weighted by Gasteiger charge is -2.33. The number of ether oxygens (including phenoxy) is 2. The van der Waals surface area contributed by atoms with E-state index in [1.807, 2.05) is 18.2 Å². The molecule has 0 amide bonds. The van der Waals surface area contributed by atoms with E-state index in [2.05, 4.69) is 10.2 Å². The van der Waals surface area contributed by atoms with E-state index in [0.717, 1.165) is 46.5 Å². The topological polar surface area (TPSA) is 46.1 Å². The summed E-state index contributed by atoms with van der Waals surface area (Å²) in [6, 6.07) is 6.30. The summed E-state index contributed by atoms with van der Waals surface area (Å²) < 4.78 is 10.7. The summed E-state index contributed by atoms with van der Waals surface area (Å²) in [5, 5.41) is 5.45. The Kier molecular flexibility index (Phi) is 5.78. The third-order valence-corrected chi connectivity index (χ3v) is 7.27. The number of rotatable bonds is 4. The van der Waals surface area contributed by atoms with Crippen LogP contribution >= 0.6 is 24.0 Å². The summed E-state index contributed by atoms with van der Waals surface area (Å²) >= 11 is 7.55. The van der Waals surface area contributed by atoms with E-state index in [4.69, 9.17) is 26.7 Å². The van der Waals surface area contributed by atoms with Gasteiger partial charge in [0.2, 0.25) is 0 Å². The number of aliphatic imine (C=N–C) groups is 1. The molecule has 3 aliphatic rings. The molecule has 5 nitrogen and oxygen atoms in total. The highest BCUT2D eigenvalue weighted by Gasteiger charge is 2.40. The Hall–Kier alpha value is -1.47. The van der Waals surface area contributed by atoms with Crippen LogP contribution in [0.2, 0.25) is 0 Å². The minimum absolute atomic E-state index is 0.547. The number of benzene rings is 1. The summed E-state index contributed by atoms with van der Waals surface area (Å²) in [7, 11) is 3.28. The second-order valence-corrected chi connectivity index (χ2v) is 8.97. The van der Waals surface area contributed by atoms with Crippen molar-refractivity contribution >= 4 is 39.9 Å². The van der Waals surface area contributed by atoms with E-state index >= 15 is 0 Å². The van der Waals surface area contributed by atoms with Crippen molar-refractivity contribution in [2.24, 2.45) is 16.8 Å². The number of nitrogens with one attached hydrogen (secondary N) is 1. The molecule has 27 heavy (non-hydrogen) atoms. The highest BCUT2D eigenvalue weighted by molar-refractivity contribution is 8.14. The number of thiocarbonyl (C=S) groups is 1. The zero-order valence-corrected chi connectivity index (χ0v) is 17.6. The molecule has 1 aromatic rings. The quantitative estimate of drug-likeness (QED) is 0.758. The molecule has 2 saturated carbocycles. The van der Waals surface area contributed by atoms with Gasteiger partial charge in [0.05, 0.1) is 19.9 Å². The lowest BCUT2D eigenvalue weighted by atomic mass is 9.95. The SMILES string of the molecule is COc1ccc(N=C2SCCCN2C(=S)N[C@H]2C[C@H]3CC[C@@H]2C3)cc1OC. The number of nitrogens with zero attached hydrogens (tertiary/aromatic N) is 2. The Labute approximate surface area is 170 Å². The molecule has 1 aromatic carbocycles. The first-order valence-corrected chi connectivity index (χ1v) is 11.1. The maximum atomic E-state index is 5.78. The average molecular weight is 406 g/mol. The largest absolute Gasteiger partial charge is 0.493 e. The molecule has 7 heteroatoms. The Balaban J connectivity index is 1.50. The zero-order valence-electron chi connectivity index (χ0n) is 15.9. The predicted molar refractivity (Wildman–Crippen MR) is 115 cm³/mol. The van der Waals surface area contributed by atoms with Gasteiger partial charge in [-0.05, 0) is 61.9 Å². The molecule has 0 spiro atoms. The third kappa shape index (κ3) is 4.04. The van der Waals surface area contributed by atoms with Gasteiger partial charge in [-0.25, -0.2) is 4.99 Å². The minimum atomic E-state index is 0.547. The molecule has 4 rings (SSSR count). The van der Waals surface area contributed by atoms with Crippen molar-refractivity contribution in [3.05, 3.63) is 18.2 Å². The fraction of sp³-hybridized carbons (Fsp3) is 0.600. The van der Waals surface area contributed by atoms with Gasteiger partial charge in [0.25, 0.3) is 0 Å². The van der Waals surface area contributed by atoms with Gasteiger partial charge >= 0.3 is 0 Å². The minimum Gasteiger partial charge on any atom is -0.493 e. The molecule has 0 aromatic heterocycles. The second kappa shape index (κ2) is 8.27. The molecule has 1 saturated heterocycles. The summed E-state index contributed by atoms with van der Waals surface area (Å²) in [6.07, 6.45) is 6.52. The average Bonchev–Trinajstić information content (AvgIpc) is 3.31. The van der Waals surface area contributed by atoms with Crippen molar-refractivity contribution in [2.45, 2.75) is 38.1 Å². The highest BCUT2D eigenvalue weighted by atomic mass is 32.2. The maximum absolute atomic E-state index is 5.78. The predicted octanol–water partition coefficient (Wildman–Crippen LogP) is 4.19. The smallest absolute Gasteiger partial charge is 0.175 e. The van der Waals surface area contributed by atoms with Crippen molar-refractivity contribution < 1.29 is 9.47 Å². The first kappa shape index (κ1) is 18.9. The molecule has 3 atom stereocenters. The Morgan fingerprint density at radius 3 is 2.78 bits per heavy atom. The number of amidine groups is 1. The number of methoxy groups -OCH3 is 2. The van der Waals surface area contributed by atoms with E-state index < -0.39 is 0 Å². The summed E-state index contributed by atoms with van der Waals surface area (Å²) in [6.45, 7) is 0.922. The van der Waals surface area contributed by atoms with E-state index in [9.17, 15) is 0 Å². The van der Waals surface area contributed by atoms with Crippen LogP contribution in [0.3, 0.4) is 0 Å². The van der Waals surface area contributed by atoms with Crippen molar-refractivity contribution in [3.8, 4) is 11.5 Å². The number of fused-ring (bicyclic) bond motifs is 2. The molecule has 2 aliphatic carbocycles. The Morgan fingerprint density at radius 1 is 1.22 bits per heavy atom. The van der Waals surface area contributed by atoms with Crippen molar-refractivity contribution in [1.29, 1.82) is 0 Å². The maximum Gasteiger partial charge on any atom is 0.175 e. The van der Waals surface area contributed by atoms with Crippen LogP contribution in [0.25, 0.3) is 0 Å². The van der Waals surface area contributed by atoms with Crippen molar-refractivity contribution in [3.63, 3.8) is 0 Å². The molecule has 1 aliphatic heterocycles. The molecule has 0 unspecified atom stereocenters. The van der Waals surface area contributed by atoms with Gasteiger partial charge in [-0.3, -0.25) is 4.90 Å². The number of hydrogen-bond acceptors (Lipinski definition) is 5. The Morgan fingerprint density at radius 2 is 2.07 bits per heavy atom. The zero-order chi connectivity index (χ0) is 18.8. The van der Waals surface area contributed by atoms with Crippen LogP contribution in [0, 0.1) is 11.8 Å². The molecule has 1 N–H and O–H groups in total. The van der Waals surface area contributed by atoms with Gasteiger partial charge < -0.3 is 14.8 Å². The third-order valence-electron chi connectivity index (χ3n) is 5.87. The molecule has 2 bridgehead atoms. The van der Waals surface area contributed by atoms with Crippen LogP contribution in [-0.2, 0) is 0 Å². The van der Waals surface area contributed by atoms with E-state index in [1.54, 1.807) is 26.0 Å². The first-order chi connectivity index (χ1) is 13.2. The van der Waals surface area contributed by atoms with Gasteiger partial charge in [0.1, 0.15) is 0 Å². The number of thioether (sulfide) groups is 1. The molecule has 146 valence electrons. The van der Waals surface area contributed by atoms with Gasteiger partial charge in [-0.1, -0.05) is 18.2 Å². The van der Waals surface area contributed by atoms with Crippen LogP contribution in [0.15, 0.2) is 23.2 Å². The van der Waals surface area contributed by atoms with Crippen LogP contribution in [0.1, 0.15) is 32.1 Å². The van der Waals surface area contributed by atoms with E-state index in [0.29, 0.717) is 17.5 Å². The monoisotopic (exact) mass is 405 g/mol. The fourth-order valence-electron chi connectivity index (χ4n) is 4.50. The van der Waals surface area contributed by atoms with Gasteiger partial charge in [-0.15, -0.1) is 0 Å². The molecular formula is C20H27N3O2S2. The van der Waals surface area contributed by atoms with E-state index in [1.165, 1.54) is 25.7 Å². The van der Waals surface area contributed by atoms with Crippen LogP contribution in [-0.4, -0.2) is 47.7 Å². The summed E-state index contributed by atoms with van der Waals surface area (Å²) in [5.74, 6) is 4.18. The lowest BCUT2D eigenvalue weighted by Crippen LogP contribution is -2.49. The van der Waals surface area contributed by atoms with Crippen molar-refractivity contribution in [1.82, 2.24) is 10.2 Å². The summed E-state index contributed by atoms with van der Waals surface area (Å²) in [4.78, 5) is 7.04. The molecule has 0 radical (unpaired) electrons. The van der Waals surface area contributed by atoms with Crippen LogP contribution < -0.4 is 14.8 Å². The number of hydrogen-bond donors (Lipinski definition) is 1. The molecule has 1 heterocycles. The second-order valence-electron chi connectivity index (χ2n) is 7.52. The normalized spacial score (nSPS) is 28.4. The fourth-order valence-corrected chi connectivity index (χ4v) is 5.85.